The summed E-state index contributed by atoms with van der Waals surface area (Å²) in [6.07, 6.45) is -0.736. The molecule has 0 saturated heterocycles. The van der Waals surface area contributed by atoms with Crippen LogP contribution in [0.15, 0.2) is 35.2 Å². The molecule has 0 spiro atoms. The number of fused-ring (bicyclic) bond motifs is 1. The van der Waals surface area contributed by atoms with E-state index in [0.29, 0.717) is 22.0 Å². The zero-order valence-electron chi connectivity index (χ0n) is 16.9. The molecule has 0 aromatic heterocycles. The van der Waals surface area contributed by atoms with Gasteiger partial charge in [0.1, 0.15) is 5.75 Å². The molecule has 3 rings (SSSR count). The number of rotatable bonds is 5. The summed E-state index contributed by atoms with van der Waals surface area (Å²) in [5.41, 5.74) is 2.15. The predicted octanol–water partition coefficient (Wildman–Crippen LogP) is 2.94. The molecule has 8 nitrogen and oxygen atoms in total. The van der Waals surface area contributed by atoms with Crippen molar-refractivity contribution in [1.29, 1.82) is 0 Å². The van der Waals surface area contributed by atoms with Crippen LogP contribution in [0.3, 0.4) is 0 Å². The van der Waals surface area contributed by atoms with Gasteiger partial charge in [0.25, 0.3) is 5.91 Å². The smallest absolute Gasteiger partial charge is 0.265 e. The molecule has 160 valence electrons. The molecule has 0 aliphatic carbocycles. The molecule has 0 radical (unpaired) electrons. The van der Waals surface area contributed by atoms with E-state index in [0.717, 1.165) is 9.87 Å². The summed E-state index contributed by atoms with van der Waals surface area (Å²) in [5.74, 6) is -0.541. The van der Waals surface area contributed by atoms with E-state index in [1.165, 1.54) is 19.2 Å². The third-order valence-corrected chi connectivity index (χ3v) is 6.92. The molecule has 1 aliphatic heterocycles. The standard InChI is InChI=1S/C20H22ClN3O5S/c1-11-5-6-14(21)8-15(11)22-19(25)10-24(4)30(27,28)18-9-17-16(7-12(18)2)23-20(26)13(3)29-17/h5-9,13H,10H2,1-4H3,(H,22,25)(H,23,26)/t13-/m1/s1. The first-order chi connectivity index (χ1) is 14.0. The number of sulfonamides is 1. The van der Waals surface area contributed by atoms with Crippen LogP contribution in [0.4, 0.5) is 11.4 Å². The summed E-state index contributed by atoms with van der Waals surface area (Å²) in [6.45, 7) is 4.60. The molecule has 0 unspecified atom stereocenters. The largest absolute Gasteiger partial charge is 0.479 e. The molecule has 2 amide bonds. The Kier molecular flexibility index (Phi) is 6.07. The van der Waals surface area contributed by atoms with Crippen molar-refractivity contribution < 1.29 is 22.7 Å². The molecule has 10 heteroatoms. The molecule has 2 aromatic carbocycles. The van der Waals surface area contributed by atoms with Crippen LogP contribution in [0.1, 0.15) is 18.1 Å². The molecule has 0 fully saturated rings. The lowest BCUT2D eigenvalue weighted by atomic mass is 10.1. The molecular formula is C20H22ClN3O5S. The number of carbonyl (C=O) groups excluding carboxylic acids is 2. The van der Waals surface area contributed by atoms with Crippen molar-refractivity contribution in [2.24, 2.45) is 0 Å². The third-order valence-electron chi connectivity index (χ3n) is 4.74. The van der Waals surface area contributed by atoms with Crippen LogP contribution in [0.2, 0.25) is 5.02 Å². The number of hydrogen-bond acceptors (Lipinski definition) is 5. The summed E-state index contributed by atoms with van der Waals surface area (Å²) in [6, 6.07) is 7.96. The van der Waals surface area contributed by atoms with Gasteiger partial charge in [-0.05, 0) is 50.1 Å². The highest BCUT2D eigenvalue weighted by Crippen LogP contribution is 2.35. The van der Waals surface area contributed by atoms with Gasteiger partial charge in [-0.15, -0.1) is 0 Å². The first-order valence-electron chi connectivity index (χ1n) is 9.13. The number of nitrogens with zero attached hydrogens (tertiary/aromatic N) is 1. The highest BCUT2D eigenvalue weighted by molar-refractivity contribution is 7.89. The van der Waals surface area contributed by atoms with Gasteiger partial charge in [-0.2, -0.15) is 4.31 Å². The van der Waals surface area contributed by atoms with Gasteiger partial charge in [0.15, 0.2) is 6.10 Å². The lowest BCUT2D eigenvalue weighted by Gasteiger charge is -2.25. The Morgan fingerprint density at radius 2 is 1.93 bits per heavy atom. The summed E-state index contributed by atoms with van der Waals surface area (Å²) in [5, 5.41) is 5.82. The number of amides is 2. The minimum atomic E-state index is -3.99. The number of anilines is 2. The average molecular weight is 452 g/mol. The predicted molar refractivity (Wildman–Crippen MR) is 115 cm³/mol. The number of carbonyl (C=O) groups is 2. The van der Waals surface area contributed by atoms with Gasteiger partial charge < -0.3 is 15.4 Å². The van der Waals surface area contributed by atoms with E-state index in [2.05, 4.69) is 10.6 Å². The molecule has 0 saturated carbocycles. The van der Waals surface area contributed by atoms with E-state index < -0.39 is 28.6 Å². The fourth-order valence-corrected chi connectivity index (χ4v) is 4.51. The van der Waals surface area contributed by atoms with E-state index in [1.807, 2.05) is 6.92 Å². The van der Waals surface area contributed by atoms with Crippen LogP contribution in [-0.2, 0) is 19.6 Å². The van der Waals surface area contributed by atoms with Gasteiger partial charge in [-0.25, -0.2) is 8.42 Å². The lowest BCUT2D eigenvalue weighted by Crippen LogP contribution is -2.36. The van der Waals surface area contributed by atoms with E-state index in [1.54, 1.807) is 32.0 Å². The molecule has 1 aliphatic rings. The van der Waals surface area contributed by atoms with E-state index in [9.17, 15) is 18.0 Å². The lowest BCUT2D eigenvalue weighted by molar-refractivity contribution is -0.122. The highest BCUT2D eigenvalue weighted by atomic mass is 35.5. The Labute approximate surface area is 180 Å². The summed E-state index contributed by atoms with van der Waals surface area (Å²) in [7, 11) is -2.66. The normalized spacial score (nSPS) is 15.9. The Morgan fingerprint density at radius 1 is 1.23 bits per heavy atom. The van der Waals surface area contributed by atoms with Crippen molar-refractivity contribution in [3.8, 4) is 5.75 Å². The minimum Gasteiger partial charge on any atom is -0.479 e. The fourth-order valence-electron chi connectivity index (χ4n) is 2.99. The van der Waals surface area contributed by atoms with Gasteiger partial charge in [0.05, 0.1) is 17.1 Å². The Bertz CT molecular complexity index is 1130. The van der Waals surface area contributed by atoms with Gasteiger partial charge in [-0.3, -0.25) is 9.59 Å². The number of benzene rings is 2. The molecular weight excluding hydrogens is 430 g/mol. The Morgan fingerprint density at radius 3 is 2.63 bits per heavy atom. The number of halogens is 1. The van der Waals surface area contributed by atoms with Crippen LogP contribution in [0.25, 0.3) is 0 Å². The van der Waals surface area contributed by atoms with Gasteiger partial charge >= 0.3 is 0 Å². The number of hydrogen-bond donors (Lipinski definition) is 2. The maximum Gasteiger partial charge on any atom is 0.265 e. The zero-order chi connectivity index (χ0) is 22.2. The first-order valence-corrected chi connectivity index (χ1v) is 11.0. The fraction of sp³-hybridized carbons (Fsp3) is 0.300. The number of likely N-dealkylation sites (N-methyl/N-ethyl adjacent to an activating group) is 1. The number of aryl methyl sites for hydroxylation is 2. The van der Waals surface area contributed by atoms with Crippen molar-refractivity contribution >= 4 is 44.8 Å². The molecule has 30 heavy (non-hydrogen) atoms. The molecule has 2 aromatic rings. The summed E-state index contributed by atoms with van der Waals surface area (Å²) < 4.78 is 32.6. The van der Waals surface area contributed by atoms with Gasteiger partial charge in [0, 0.05) is 23.8 Å². The van der Waals surface area contributed by atoms with Crippen molar-refractivity contribution in [2.45, 2.75) is 31.8 Å². The highest BCUT2D eigenvalue weighted by Gasteiger charge is 2.30. The van der Waals surface area contributed by atoms with Crippen LogP contribution in [0.5, 0.6) is 5.75 Å². The summed E-state index contributed by atoms with van der Waals surface area (Å²) >= 11 is 5.96. The average Bonchev–Trinajstić information content (AvgIpc) is 2.65. The van der Waals surface area contributed by atoms with Gasteiger partial charge in [0.2, 0.25) is 15.9 Å². The third kappa shape index (κ3) is 4.43. The van der Waals surface area contributed by atoms with Crippen LogP contribution in [0, 0.1) is 13.8 Å². The van der Waals surface area contributed by atoms with Crippen molar-refractivity contribution in [3.05, 3.63) is 46.5 Å². The van der Waals surface area contributed by atoms with Crippen LogP contribution in [-0.4, -0.2) is 44.2 Å². The molecule has 0 bridgehead atoms. The SMILES string of the molecule is Cc1ccc(Cl)cc1NC(=O)CN(C)S(=O)(=O)c1cc2c(cc1C)NC(=O)[C@@H](C)O2. The van der Waals surface area contributed by atoms with Crippen LogP contribution < -0.4 is 15.4 Å². The van der Waals surface area contributed by atoms with Gasteiger partial charge in [-0.1, -0.05) is 17.7 Å². The Balaban J connectivity index is 1.81. The maximum atomic E-state index is 13.1. The first kappa shape index (κ1) is 22.1. The molecule has 1 heterocycles. The molecule has 2 N–H and O–H groups in total. The van der Waals surface area contributed by atoms with Crippen molar-refractivity contribution in [2.75, 3.05) is 24.2 Å². The van der Waals surface area contributed by atoms with E-state index >= 15 is 0 Å². The van der Waals surface area contributed by atoms with Crippen molar-refractivity contribution in [3.63, 3.8) is 0 Å². The molecule has 1 atom stereocenters. The van der Waals surface area contributed by atoms with E-state index in [4.69, 9.17) is 16.3 Å². The second-order valence-electron chi connectivity index (χ2n) is 7.13. The zero-order valence-corrected chi connectivity index (χ0v) is 18.5. The minimum absolute atomic E-state index is 0.00108. The van der Waals surface area contributed by atoms with Crippen molar-refractivity contribution in [1.82, 2.24) is 4.31 Å². The summed E-state index contributed by atoms with van der Waals surface area (Å²) in [4.78, 5) is 24.2. The topological polar surface area (TPSA) is 105 Å². The Hall–Kier alpha value is -2.62. The maximum absolute atomic E-state index is 13.1. The van der Waals surface area contributed by atoms with E-state index in [-0.39, 0.29) is 16.6 Å². The number of nitrogens with one attached hydrogen (secondary N) is 2. The van der Waals surface area contributed by atoms with Crippen LogP contribution >= 0.6 is 11.6 Å². The second-order valence-corrected chi connectivity index (χ2v) is 9.58. The quantitative estimate of drug-likeness (QED) is 0.727. The second kappa shape index (κ2) is 8.25. The number of ether oxygens (including phenoxy) is 1. The monoisotopic (exact) mass is 451 g/mol.